The highest BCUT2D eigenvalue weighted by molar-refractivity contribution is 6.48. The Morgan fingerprint density at radius 1 is 1.32 bits per heavy atom. The van der Waals surface area contributed by atoms with E-state index in [0.717, 1.165) is 6.42 Å². The normalized spacial score (nSPS) is 14.3. The standard InChI is InChI=1S/C18H26BFNO2.C2H6/c1-11(2)8-12(18(3,4)5)9-21-17(22)13-6-7-15-14(16(13)20)10-23-19-15;1-2/h6-7,11-12H,8-10H2,1-5H3,(H,21,22);1-2H3. The van der Waals surface area contributed by atoms with Gasteiger partial charge in [-0.25, -0.2) is 4.39 Å². The topological polar surface area (TPSA) is 38.3 Å². The van der Waals surface area contributed by atoms with Crippen molar-refractivity contribution in [1.82, 2.24) is 5.32 Å². The van der Waals surface area contributed by atoms with E-state index < -0.39 is 5.82 Å². The van der Waals surface area contributed by atoms with Crippen molar-refractivity contribution in [3.8, 4) is 0 Å². The molecule has 0 saturated heterocycles. The lowest BCUT2D eigenvalue weighted by atomic mass is 9.76. The first-order valence-electron chi connectivity index (χ1n) is 9.24. The average Bonchev–Trinajstić information content (AvgIpc) is 3.01. The maximum absolute atomic E-state index is 14.4. The van der Waals surface area contributed by atoms with Crippen molar-refractivity contribution in [2.24, 2.45) is 17.3 Å². The van der Waals surface area contributed by atoms with Gasteiger partial charge < -0.3 is 9.97 Å². The van der Waals surface area contributed by atoms with Gasteiger partial charge in [-0.15, -0.1) is 0 Å². The molecule has 1 radical (unpaired) electrons. The molecule has 5 heteroatoms. The van der Waals surface area contributed by atoms with Crippen molar-refractivity contribution in [2.45, 2.75) is 61.5 Å². The quantitative estimate of drug-likeness (QED) is 0.815. The first-order chi connectivity index (χ1) is 11.7. The lowest BCUT2D eigenvalue weighted by molar-refractivity contribution is 0.0922. The van der Waals surface area contributed by atoms with Gasteiger partial charge in [-0.3, -0.25) is 4.79 Å². The number of hydrogen-bond donors (Lipinski definition) is 1. The van der Waals surface area contributed by atoms with Crippen molar-refractivity contribution >= 4 is 18.9 Å². The summed E-state index contributed by atoms with van der Waals surface area (Å²) in [6.45, 7) is 15.6. The van der Waals surface area contributed by atoms with Gasteiger partial charge in [0.15, 0.2) is 0 Å². The van der Waals surface area contributed by atoms with Gasteiger partial charge in [0.1, 0.15) is 5.82 Å². The smallest absolute Gasteiger partial charge is 0.330 e. The van der Waals surface area contributed by atoms with E-state index in [1.165, 1.54) is 13.5 Å². The van der Waals surface area contributed by atoms with E-state index in [0.29, 0.717) is 29.4 Å². The monoisotopic (exact) mass is 348 g/mol. The van der Waals surface area contributed by atoms with Gasteiger partial charge in [-0.2, -0.15) is 0 Å². The first-order valence-corrected chi connectivity index (χ1v) is 9.24. The fraction of sp³-hybridized carbons (Fsp3) is 0.650. The van der Waals surface area contributed by atoms with Crippen molar-refractivity contribution in [1.29, 1.82) is 0 Å². The van der Waals surface area contributed by atoms with E-state index in [1.54, 1.807) is 6.07 Å². The SMILES string of the molecule is CC.CC(C)CC(CNC(=O)c1ccc2c(c1F)CO[B]2)C(C)(C)C. The van der Waals surface area contributed by atoms with Crippen molar-refractivity contribution < 1.29 is 13.8 Å². The molecule has 3 nitrogen and oxygen atoms in total. The third-order valence-electron chi connectivity index (χ3n) is 4.45. The molecule has 25 heavy (non-hydrogen) atoms. The zero-order valence-electron chi connectivity index (χ0n) is 16.7. The van der Waals surface area contributed by atoms with Crippen LogP contribution in [0.1, 0.15) is 70.8 Å². The number of carbonyl (C=O) groups is 1. The van der Waals surface area contributed by atoms with Crippen LogP contribution in [0.15, 0.2) is 12.1 Å². The van der Waals surface area contributed by atoms with Gasteiger partial charge >= 0.3 is 7.48 Å². The van der Waals surface area contributed by atoms with Crippen molar-refractivity contribution in [2.75, 3.05) is 6.54 Å². The van der Waals surface area contributed by atoms with Crippen LogP contribution in [0.2, 0.25) is 0 Å². The number of halogens is 1. The Hall–Kier alpha value is -1.36. The molecule has 1 heterocycles. The largest absolute Gasteiger partial charge is 0.430 e. The predicted octanol–water partition coefficient (Wildman–Crippen LogP) is 4.06. The van der Waals surface area contributed by atoms with Gasteiger partial charge in [0.05, 0.1) is 12.2 Å². The molecule has 0 fully saturated rings. The zero-order valence-corrected chi connectivity index (χ0v) is 16.7. The predicted molar refractivity (Wildman–Crippen MR) is 103 cm³/mol. The van der Waals surface area contributed by atoms with Gasteiger partial charge in [-0.1, -0.05) is 54.5 Å². The summed E-state index contributed by atoms with van der Waals surface area (Å²) in [7, 11) is 1.53. The minimum Gasteiger partial charge on any atom is -0.430 e. The van der Waals surface area contributed by atoms with Crippen molar-refractivity contribution in [3.63, 3.8) is 0 Å². The first kappa shape index (κ1) is 21.7. The van der Waals surface area contributed by atoms with Gasteiger partial charge in [0.25, 0.3) is 5.91 Å². The summed E-state index contributed by atoms with van der Waals surface area (Å²) in [6, 6.07) is 3.26. The van der Waals surface area contributed by atoms with Crippen molar-refractivity contribution in [3.05, 3.63) is 29.1 Å². The molecule has 1 aliphatic heterocycles. The molecule has 1 aliphatic rings. The highest BCUT2D eigenvalue weighted by Gasteiger charge is 2.27. The van der Waals surface area contributed by atoms with Crippen LogP contribution in [0.5, 0.6) is 0 Å². The van der Waals surface area contributed by atoms with E-state index >= 15 is 0 Å². The Labute approximate surface area is 153 Å². The molecular weight excluding hydrogens is 316 g/mol. The molecule has 1 amide bonds. The van der Waals surface area contributed by atoms with Crippen LogP contribution in [0, 0.1) is 23.1 Å². The molecule has 0 aliphatic carbocycles. The van der Waals surface area contributed by atoms with Gasteiger partial charge in [0.2, 0.25) is 0 Å². The summed E-state index contributed by atoms with van der Waals surface area (Å²) in [5.74, 6) is 0.0845. The molecule has 0 saturated carbocycles. The minimum atomic E-state index is -0.468. The van der Waals surface area contributed by atoms with E-state index in [2.05, 4.69) is 39.9 Å². The highest BCUT2D eigenvalue weighted by Crippen LogP contribution is 2.30. The molecule has 1 aromatic carbocycles. The molecular formula is C20H32BFNO2. The lowest BCUT2D eigenvalue weighted by Gasteiger charge is -2.32. The molecule has 139 valence electrons. The Morgan fingerprint density at radius 3 is 2.52 bits per heavy atom. The summed E-state index contributed by atoms with van der Waals surface area (Å²) in [6.07, 6.45) is 1.03. The molecule has 0 bridgehead atoms. The molecule has 1 N–H and O–H groups in total. The van der Waals surface area contributed by atoms with Gasteiger partial charge in [0, 0.05) is 12.1 Å². The fourth-order valence-electron chi connectivity index (χ4n) is 2.91. The summed E-state index contributed by atoms with van der Waals surface area (Å²) >= 11 is 0. The van der Waals surface area contributed by atoms with Crippen LogP contribution in [0.3, 0.4) is 0 Å². The van der Waals surface area contributed by atoms with E-state index in [-0.39, 0.29) is 23.5 Å². The van der Waals surface area contributed by atoms with Crippen LogP contribution in [0.25, 0.3) is 0 Å². The number of benzene rings is 1. The molecule has 0 spiro atoms. The Morgan fingerprint density at radius 2 is 1.96 bits per heavy atom. The number of rotatable bonds is 5. The summed E-state index contributed by atoms with van der Waals surface area (Å²) in [5.41, 5.74) is 1.37. The van der Waals surface area contributed by atoms with E-state index in [1.807, 2.05) is 13.8 Å². The lowest BCUT2D eigenvalue weighted by Crippen LogP contribution is -2.36. The van der Waals surface area contributed by atoms with E-state index in [9.17, 15) is 9.18 Å². The molecule has 1 unspecified atom stereocenters. The maximum atomic E-state index is 14.4. The van der Waals surface area contributed by atoms with Crippen LogP contribution < -0.4 is 10.8 Å². The third-order valence-corrected chi connectivity index (χ3v) is 4.45. The second-order valence-corrected chi connectivity index (χ2v) is 7.83. The molecule has 2 rings (SSSR count). The van der Waals surface area contributed by atoms with Crippen LogP contribution in [0.4, 0.5) is 4.39 Å². The van der Waals surface area contributed by atoms with E-state index in [4.69, 9.17) is 4.65 Å². The molecule has 1 atom stereocenters. The molecule has 0 aromatic heterocycles. The fourth-order valence-corrected chi connectivity index (χ4v) is 2.91. The number of nitrogens with one attached hydrogen (secondary N) is 1. The highest BCUT2D eigenvalue weighted by atomic mass is 19.1. The summed E-state index contributed by atoms with van der Waals surface area (Å²) in [5, 5.41) is 2.91. The Kier molecular flexibility index (Phi) is 8.13. The number of hydrogen-bond acceptors (Lipinski definition) is 2. The molecule has 1 aromatic rings. The summed E-state index contributed by atoms with van der Waals surface area (Å²) < 4.78 is 19.6. The Bertz CT molecular complexity index is 582. The van der Waals surface area contributed by atoms with Gasteiger partial charge in [-0.05, 0) is 35.2 Å². The number of amides is 1. The second-order valence-electron chi connectivity index (χ2n) is 7.83. The zero-order chi connectivity index (χ0) is 19.2. The average molecular weight is 348 g/mol. The Balaban J connectivity index is 0.00000151. The minimum absolute atomic E-state index is 0.0941. The van der Waals surface area contributed by atoms with Crippen LogP contribution >= 0.6 is 0 Å². The van der Waals surface area contributed by atoms with Crippen LogP contribution in [-0.4, -0.2) is 19.9 Å². The second kappa shape index (κ2) is 9.37. The number of fused-ring (bicyclic) bond motifs is 1. The number of carbonyl (C=O) groups excluding carboxylic acids is 1. The third kappa shape index (κ3) is 5.84. The van der Waals surface area contributed by atoms with Crippen LogP contribution in [-0.2, 0) is 11.3 Å². The summed E-state index contributed by atoms with van der Waals surface area (Å²) in [4.78, 5) is 12.4. The maximum Gasteiger partial charge on any atom is 0.330 e.